The number of carbonyl (C=O) groups is 1. The lowest BCUT2D eigenvalue weighted by molar-refractivity contribution is -0.140. The molecule has 1 aromatic carbocycles. The van der Waals surface area contributed by atoms with E-state index in [1.807, 2.05) is 0 Å². The lowest BCUT2D eigenvalue weighted by Crippen LogP contribution is -2.38. The summed E-state index contributed by atoms with van der Waals surface area (Å²) in [4.78, 5) is 34.7. The van der Waals surface area contributed by atoms with Crippen LogP contribution in [0.1, 0.15) is 53.1 Å². The van der Waals surface area contributed by atoms with Crippen LogP contribution in [0.25, 0.3) is 22.8 Å². The summed E-state index contributed by atoms with van der Waals surface area (Å²) < 4.78 is 51.7. The van der Waals surface area contributed by atoms with Crippen molar-refractivity contribution in [3.8, 4) is 34.4 Å². The van der Waals surface area contributed by atoms with Gasteiger partial charge in [-0.05, 0) is 25.1 Å². The molecule has 1 aliphatic carbocycles. The highest BCUT2D eigenvalue weighted by molar-refractivity contribution is 6.58. The molecule has 3 heterocycles. The normalized spacial score (nSPS) is 13.7. The van der Waals surface area contributed by atoms with Crippen molar-refractivity contribution >= 4 is 29.3 Å². The second kappa shape index (κ2) is 10.7. The van der Waals surface area contributed by atoms with Crippen molar-refractivity contribution in [2.45, 2.75) is 37.2 Å². The number of carbonyl (C=O) groups excluding carboxylic acids is 1. The largest absolute Gasteiger partial charge is 0.500 e. The van der Waals surface area contributed by atoms with E-state index in [9.17, 15) is 18.0 Å². The van der Waals surface area contributed by atoms with Crippen molar-refractivity contribution in [1.29, 1.82) is 0 Å². The summed E-state index contributed by atoms with van der Waals surface area (Å²) in [5, 5.41) is -2.05. The van der Waals surface area contributed by atoms with Gasteiger partial charge >= 0.3 is 6.18 Å². The fourth-order valence-corrected chi connectivity index (χ4v) is 4.20. The Balaban J connectivity index is 1.54. The fourth-order valence-electron chi connectivity index (χ4n) is 4.20. The minimum atomic E-state index is -4.58. The molecule has 0 aliphatic heterocycles. The maximum atomic E-state index is 13.7. The number of hydrogen-bond donors (Lipinski definition) is 0. The van der Waals surface area contributed by atoms with E-state index >= 15 is 0 Å². The molecule has 41 heavy (non-hydrogen) atoms. The Bertz CT molecular complexity index is 1600. The Morgan fingerprint density at radius 2 is 1.78 bits per heavy atom. The molecule has 202 valence electrons. The molecule has 6 radical (unpaired) electrons. The Hall–Kier alpha value is -4.16. The summed E-state index contributed by atoms with van der Waals surface area (Å²) in [5.41, 5.74) is 0.414. The van der Waals surface area contributed by atoms with Gasteiger partial charge in [0.05, 0.1) is 18.5 Å². The van der Waals surface area contributed by atoms with Gasteiger partial charge in [0.25, 0.3) is 0 Å². The number of aromatic nitrogens is 6. The van der Waals surface area contributed by atoms with Crippen molar-refractivity contribution in [1.82, 2.24) is 29.5 Å². The SMILES string of the molecule is [B]C([B])([B])Oc1ncnc(C2CC2)c1-c1ncc(OCC)c(C(=O)c2ccc(-c3nc(C(F)(F)F)cn3C)cc2)n1. The summed E-state index contributed by atoms with van der Waals surface area (Å²) >= 11 is 0. The third-order valence-corrected chi connectivity index (χ3v) is 6.15. The Labute approximate surface area is 237 Å². The number of nitrogens with zero attached hydrogens (tertiary/aromatic N) is 6. The van der Waals surface area contributed by atoms with Gasteiger partial charge in [-0.2, -0.15) is 13.2 Å². The number of halogens is 3. The van der Waals surface area contributed by atoms with E-state index < -0.39 is 23.0 Å². The minimum absolute atomic E-state index is 0.0467. The summed E-state index contributed by atoms with van der Waals surface area (Å²) in [6, 6.07) is 5.95. The van der Waals surface area contributed by atoms with Crippen molar-refractivity contribution < 1.29 is 27.4 Å². The molecule has 0 saturated heterocycles. The zero-order valence-corrected chi connectivity index (χ0v) is 22.0. The molecule has 1 fully saturated rings. The third kappa shape index (κ3) is 6.13. The number of benzene rings is 1. The molecule has 9 nitrogen and oxygen atoms in total. The van der Waals surface area contributed by atoms with Crippen molar-refractivity contribution in [2.24, 2.45) is 7.05 Å². The van der Waals surface area contributed by atoms with Crippen LogP contribution in [0.2, 0.25) is 0 Å². The van der Waals surface area contributed by atoms with Gasteiger partial charge < -0.3 is 14.0 Å². The molecular weight excluding hydrogens is 534 g/mol. The Morgan fingerprint density at radius 1 is 1.07 bits per heavy atom. The average molecular weight is 554 g/mol. The standard InChI is InChI=1S/C26H20B3F3N6O3/c1-3-40-16-10-33-22(18-19(13-4-5-13)34-12-35-24(18)41-26(27,28)29)37-20(16)21(39)14-6-8-15(9-7-14)23-36-17(11-38(23)2)25(30,31)32/h6-13H,3-5H2,1-2H3. The highest BCUT2D eigenvalue weighted by atomic mass is 19.4. The van der Waals surface area contributed by atoms with E-state index in [0.29, 0.717) is 16.8 Å². The summed E-state index contributed by atoms with van der Waals surface area (Å²) in [7, 11) is 18.4. The zero-order valence-electron chi connectivity index (χ0n) is 22.0. The summed E-state index contributed by atoms with van der Waals surface area (Å²) in [6.07, 6.45) is 0.709. The number of imidazole rings is 1. The maximum Gasteiger partial charge on any atom is 0.434 e. The molecule has 0 unspecified atom stereocenters. The second-order valence-corrected chi connectivity index (χ2v) is 9.47. The molecule has 0 N–H and O–H groups in total. The topological polar surface area (TPSA) is 105 Å². The van der Waals surface area contributed by atoms with E-state index in [-0.39, 0.29) is 47.1 Å². The number of ether oxygens (including phenoxy) is 2. The number of rotatable bonds is 9. The second-order valence-electron chi connectivity index (χ2n) is 9.47. The van der Waals surface area contributed by atoms with E-state index in [2.05, 4.69) is 24.9 Å². The predicted molar refractivity (Wildman–Crippen MR) is 144 cm³/mol. The van der Waals surface area contributed by atoms with Gasteiger partial charge in [-0.1, -0.05) is 24.3 Å². The smallest absolute Gasteiger partial charge is 0.434 e. The third-order valence-electron chi connectivity index (χ3n) is 6.15. The number of aryl methyl sites for hydroxylation is 1. The number of ketones is 1. The maximum absolute atomic E-state index is 13.7. The molecule has 0 bridgehead atoms. The molecule has 0 atom stereocenters. The highest BCUT2D eigenvalue weighted by Crippen LogP contribution is 2.45. The van der Waals surface area contributed by atoms with Crippen LogP contribution in [0.4, 0.5) is 13.2 Å². The van der Waals surface area contributed by atoms with Gasteiger partial charge in [-0.3, -0.25) is 4.79 Å². The summed E-state index contributed by atoms with van der Waals surface area (Å²) in [5.74, 6) is -0.169. The van der Waals surface area contributed by atoms with Crippen LogP contribution in [0, 0.1) is 0 Å². The van der Waals surface area contributed by atoms with E-state index in [0.717, 1.165) is 19.0 Å². The van der Waals surface area contributed by atoms with Gasteiger partial charge in [-0.25, -0.2) is 24.9 Å². The van der Waals surface area contributed by atoms with E-state index in [1.165, 1.54) is 48.4 Å². The lowest BCUT2D eigenvalue weighted by Gasteiger charge is -2.24. The average Bonchev–Trinajstić information content (AvgIpc) is 3.68. The molecular formula is C26H20B3F3N6O3. The molecule has 4 aromatic rings. The first kappa shape index (κ1) is 28.4. The Kier molecular flexibility index (Phi) is 7.39. The van der Waals surface area contributed by atoms with Gasteiger partial charge in [0, 0.05) is 30.3 Å². The zero-order chi connectivity index (χ0) is 29.5. The van der Waals surface area contributed by atoms with Crippen LogP contribution in [-0.4, -0.2) is 70.7 Å². The lowest BCUT2D eigenvalue weighted by atomic mass is 9.52. The summed E-state index contributed by atoms with van der Waals surface area (Å²) in [6.45, 7) is 1.97. The molecule has 0 amide bonds. The van der Waals surface area contributed by atoms with Crippen LogP contribution in [0.15, 0.2) is 43.0 Å². The predicted octanol–water partition coefficient (Wildman–Crippen LogP) is 3.36. The fraction of sp³-hybridized carbons (Fsp3) is 0.308. The highest BCUT2D eigenvalue weighted by Gasteiger charge is 2.35. The first-order chi connectivity index (χ1) is 19.4. The molecule has 3 aromatic heterocycles. The first-order valence-corrected chi connectivity index (χ1v) is 12.5. The molecule has 1 saturated carbocycles. The van der Waals surface area contributed by atoms with Crippen LogP contribution >= 0.6 is 0 Å². The van der Waals surface area contributed by atoms with Crippen LogP contribution < -0.4 is 9.47 Å². The molecule has 0 spiro atoms. The molecule has 5 rings (SSSR count). The number of alkyl halides is 3. The van der Waals surface area contributed by atoms with Gasteiger partial charge in [-0.15, -0.1) is 0 Å². The first-order valence-electron chi connectivity index (χ1n) is 12.5. The Morgan fingerprint density at radius 3 is 2.37 bits per heavy atom. The van der Waals surface area contributed by atoms with Gasteiger partial charge in [0.1, 0.15) is 41.3 Å². The monoisotopic (exact) mass is 554 g/mol. The number of hydrogen-bond acceptors (Lipinski definition) is 8. The quantitative estimate of drug-likeness (QED) is 0.230. The van der Waals surface area contributed by atoms with Crippen molar-refractivity contribution in [2.75, 3.05) is 6.61 Å². The van der Waals surface area contributed by atoms with E-state index in [4.69, 9.17) is 33.0 Å². The van der Waals surface area contributed by atoms with Crippen LogP contribution in [0.3, 0.4) is 0 Å². The molecule has 1 aliphatic rings. The van der Waals surface area contributed by atoms with Crippen molar-refractivity contribution in [3.05, 3.63) is 65.6 Å². The van der Waals surface area contributed by atoms with Crippen LogP contribution in [-0.2, 0) is 13.2 Å². The van der Waals surface area contributed by atoms with Crippen molar-refractivity contribution in [3.63, 3.8) is 0 Å². The minimum Gasteiger partial charge on any atom is -0.500 e. The van der Waals surface area contributed by atoms with Crippen LogP contribution in [0.5, 0.6) is 11.6 Å². The molecule has 15 heteroatoms. The van der Waals surface area contributed by atoms with E-state index in [1.54, 1.807) is 6.92 Å². The van der Waals surface area contributed by atoms with Gasteiger partial charge in [0.2, 0.25) is 11.7 Å². The van der Waals surface area contributed by atoms with Gasteiger partial charge in [0.15, 0.2) is 23.0 Å².